The molecular weight excluding hydrogens is 314 g/mol. The SMILES string of the molecule is CN(C)C(=O)c1cccc(NCC(=O)N2CCc3ccccc3C2)c1. The molecule has 3 rings (SSSR count). The van der Waals surface area contributed by atoms with Gasteiger partial charge in [-0.25, -0.2) is 0 Å². The maximum Gasteiger partial charge on any atom is 0.253 e. The summed E-state index contributed by atoms with van der Waals surface area (Å²) < 4.78 is 0. The molecule has 0 fully saturated rings. The van der Waals surface area contributed by atoms with Crippen LogP contribution in [0.4, 0.5) is 5.69 Å². The lowest BCUT2D eigenvalue weighted by Gasteiger charge is -2.29. The normalized spacial score (nSPS) is 13.1. The van der Waals surface area contributed by atoms with Crippen molar-refractivity contribution in [1.82, 2.24) is 9.80 Å². The van der Waals surface area contributed by atoms with E-state index in [4.69, 9.17) is 0 Å². The molecular formula is C20H23N3O2. The Morgan fingerprint density at radius 2 is 1.84 bits per heavy atom. The first-order valence-corrected chi connectivity index (χ1v) is 8.45. The molecule has 1 heterocycles. The molecule has 0 saturated heterocycles. The lowest BCUT2D eigenvalue weighted by molar-refractivity contribution is -0.130. The van der Waals surface area contributed by atoms with E-state index in [2.05, 4.69) is 17.4 Å². The molecule has 2 aromatic carbocycles. The van der Waals surface area contributed by atoms with Gasteiger partial charge in [0.2, 0.25) is 5.91 Å². The summed E-state index contributed by atoms with van der Waals surface area (Å²) in [6.07, 6.45) is 0.898. The summed E-state index contributed by atoms with van der Waals surface area (Å²) in [6.45, 7) is 1.63. The number of benzene rings is 2. The van der Waals surface area contributed by atoms with Crippen LogP contribution >= 0.6 is 0 Å². The third-order valence-electron chi connectivity index (χ3n) is 4.44. The van der Waals surface area contributed by atoms with Gasteiger partial charge in [0.25, 0.3) is 5.91 Å². The maximum atomic E-state index is 12.5. The van der Waals surface area contributed by atoms with Crippen LogP contribution in [0, 0.1) is 0 Å². The molecule has 0 spiro atoms. The molecule has 130 valence electrons. The Morgan fingerprint density at radius 1 is 1.08 bits per heavy atom. The summed E-state index contributed by atoms with van der Waals surface area (Å²) in [5.41, 5.74) is 3.93. The number of nitrogens with zero attached hydrogens (tertiary/aromatic N) is 2. The minimum atomic E-state index is -0.0531. The highest BCUT2D eigenvalue weighted by Gasteiger charge is 2.20. The third kappa shape index (κ3) is 3.99. The van der Waals surface area contributed by atoms with E-state index in [0.717, 1.165) is 18.7 Å². The van der Waals surface area contributed by atoms with Gasteiger partial charge in [0.15, 0.2) is 0 Å². The molecule has 2 aromatic rings. The van der Waals surface area contributed by atoms with E-state index in [1.807, 2.05) is 29.2 Å². The second kappa shape index (κ2) is 7.38. The molecule has 1 aliphatic heterocycles. The van der Waals surface area contributed by atoms with Gasteiger partial charge < -0.3 is 15.1 Å². The Labute approximate surface area is 148 Å². The van der Waals surface area contributed by atoms with Crippen LogP contribution in [0.3, 0.4) is 0 Å². The lowest BCUT2D eigenvalue weighted by Crippen LogP contribution is -2.39. The summed E-state index contributed by atoms with van der Waals surface area (Å²) in [5.74, 6) is 0.0152. The van der Waals surface area contributed by atoms with Gasteiger partial charge in [-0.05, 0) is 35.7 Å². The molecule has 0 aromatic heterocycles. The minimum Gasteiger partial charge on any atom is -0.376 e. The summed E-state index contributed by atoms with van der Waals surface area (Å²) in [6, 6.07) is 15.5. The Bertz CT molecular complexity index is 786. The minimum absolute atomic E-state index is 0.0531. The molecule has 0 bridgehead atoms. The van der Waals surface area contributed by atoms with Crippen molar-refractivity contribution in [1.29, 1.82) is 0 Å². The molecule has 5 nitrogen and oxygen atoms in total. The van der Waals surface area contributed by atoms with Gasteiger partial charge in [-0.3, -0.25) is 9.59 Å². The van der Waals surface area contributed by atoms with Gasteiger partial charge >= 0.3 is 0 Å². The zero-order chi connectivity index (χ0) is 17.8. The lowest BCUT2D eigenvalue weighted by atomic mass is 10.00. The van der Waals surface area contributed by atoms with Gasteiger partial charge in [0.05, 0.1) is 6.54 Å². The van der Waals surface area contributed by atoms with Crippen molar-refractivity contribution >= 4 is 17.5 Å². The van der Waals surface area contributed by atoms with Gasteiger partial charge in [0.1, 0.15) is 0 Å². The molecule has 2 amide bonds. The topological polar surface area (TPSA) is 52.7 Å². The van der Waals surface area contributed by atoms with E-state index >= 15 is 0 Å². The molecule has 0 unspecified atom stereocenters. The number of nitrogens with one attached hydrogen (secondary N) is 1. The predicted molar refractivity (Wildman–Crippen MR) is 98.5 cm³/mol. The van der Waals surface area contributed by atoms with Crippen molar-refractivity contribution in [3.05, 3.63) is 65.2 Å². The van der Waals surface area contributed by atoms with Crippen molar-refractivity contribution in [2.45, 2.75) is 13.0 Å². The van der Waals surface area contributed by atoms with Crippen molar-refractivity contribution < 1.29 is 9.59 Å². The van der Waals surface area contributed by atoms with Crippen LogP contribution in [0.1, 0.15) is 21.5 Å². The van der Waals surface area contributed by atoms with E-state index in [1.165, 1.54) is 16.0 Å². The molecule has 0 atom stereocenters. The Hall–Kier alpha value is -2.82. The van der Waals surface area contributed by atoms with Gasteiger partial charge in [-0.2, -0.15) is 0 Å². The number of fused-ring (bicyclic) bond motifs is 1. The smallest absolute Gasteiger partial charge is 0.253 e. The van der Waals surface area contributed by atoms with Gasteiger partial charge in [-0.1, -0.05) is 30.3 Å². The Balaban J connectivity index is 1.60. The fraction of sp³-hybridized carbons (Fsp3) is 0.300. The average Bonchev–Trinajstić information content (AvgIpc) is 2.65. The van der Waals surface area contributed by atoms with Crippen LogP contribution in [-0.4, -0.2) is 48.8 Å². The standard InChI is InChI=1S/C20H23N3O2/c1-22(2)20(25)16-8-5-9-18(12-16)21-13-19(24)23-11-10-15-6-3-4-7-17(15)14-23/h3-9,12,21H,10-11,13-14H2,1-2H3. The molecule has 0 aliphatic carbocycles. The Kier molecular flexibility index (Phi) is 5.03. The number of hydrogen-bond acceptors (Lipinski definition) is 3. The highest BCUT2D eigenvalue weighted by atomic mass is 16.2. The summed E-state index contributed by atoms with van der Waals surface area (Å²) in [4.78, 5) is 27.9. The fourth-order valence-electron chi connectivity index (χ4n) is 3.02. The van der Waals surface area contributed by atoms with Crippen LogP contribution in [0.5, 0.6) is 0 Å². The van der Waals surface area contributed by atoms with E-state index in [-0.39, 0.29) is 18.4 Å². The second-order valence-electron chi connectivity index (χ2n) is 6.47. The number of hydrogen-bond donors (Lipinski definition) is 1. The average molecular weight is 337 g/mol. The summed E-state index contributed by atoms with van der Waals surface area (Å²) in [7, 11) is 3.44. The van der Waals surface area contributed by atoms with Gasteiger partial charge in [0, 0.05) is 38.4 Å². The number of amides is 2. The highest BCUT2D eigenvalue weighted by molar-refractivity contribution is 5.95. The Morgan fingerprint density at radius 3 is 2.60 bits per heavy atom. The molecule has 25 heavy (non-hydrogen) atoms. The van der Waals surface area contributed by atoms with Crippen molar-refractivity contribution in [2.24, 2.45) is 0 Å². The van der Waals surface area contributed by atoms with E-state index in [9.17, 15) is 9.59 Å². The molecule has 1 N–H and O–H groups in total. The first-order chi connectivity index (χ1) is 12.0. The second-order valence-corrected chi connectivity index (χ2v) is 6.47. The molecule has 0 saturated carbocycles. The molecule has 5 heteroatoms. The first-order valence-electron chi connectivity index (χ1n) is 8.45. The summed E-state index contributed by atoms with van der Waals surface area (Å²) >= 11 is 0. The van der Waals surface area contributed by atoms with Crippen LogP contribution in [0.2, 0.25) is 0 Å². The fourth-order valence-corrected chi connectivity index (χ4v) is 3.02. The zero-order valence-corrected chi connectivity index (χ0v) is 14.7. The maximum absolute atomic E-state index is 12.5. The summed E-state index contributed by atoms with van der Waals surface area (Å²) in [5, 5.41) is 3.14. The monoisotopic (exact) mass is 337 g/mol. The largest absolute Gasteiger partial charge is 0.376 e. The van der Waals surface area contributed by atoms with Crippen molar-refractivity contribution in [3.8, 4) is 0 Å². The number of rotatable bonds is 4. The third-order valence-corrected chi connectivity index (χ3v) is 4.44. The van der Waals surface area contributed by atoms with Crippen molar-refractivity contribution in [3.63, 3.8) is 0 Å². The van der Waals surface area contributed by atoms with Crippen LogP contribution in [-0.2, 0) is 17.8 Å². The van der Waals surface area contributed by atoms with Crippen molar-refractivity contribution in [2.75, 3.05) is 32.5 Å². The predicted octanol–water partition coefficient (Wildman–Crippen LogP) is 2.39. The zero-order valence-electron chi connectivity index (χ0n) is 14.7. The first kappa shape index (κ1) is 17.0. The van der Waals surface area contributed by atoms with E-state index in [0.29, 0.717) is 12.1 Å². The van der Waals surface area contributed by atoms with E-state index in [1.54, 1.807) is 26.2 Å². The highest BCUT2D eigenvalue weighted by Crippen LogP contribution is 2.19. The number of carbonyl (C=O) groups is 2. The number of carbonyl (C=O) groups excluding carboxylic acids is 2. The molecule has 0 radical (unpaired) electrons. The number of anilines is 1. The van der Waals surface area contributed by atoms with Crippen LogP contribution < -0.4 is 5.32 Å². The quantitative estimate of drug-likeness (QED) is 0.932. The molecule has 1 aliphatic rings. The van der Waals surface area contributed by atoms with Crippen LogP contribution in [0.15, 0.2) is 48.5 Å². The van der Waals surface area contributed by atoms with E-state index < -0.39 is 0 Å². The van der Waals surface area contributed by atoms with Crippen LogP contribution in [0.25, 0.3) is 0 Å². The van der Waals surface area contributed by atoms with Gasteiger partial charge in [-0.15, -0.1) is 0 Å².